The van der Waals surface area contributed by atoms with Crippen molar-refractivity contribution in [1.29, 1.82) is 0 Å². The first-order valence-corrected chi connectivity index (χ1v) is 12.5. The van der Waals surface area contributed by atoms with Gasteiger partial charge in [-0.3, -0.25) is 4.79 Å². The summed E-state index contributed by atoms with van der Waals surface area (Å²) in [6.07, 6.45) is 3.64. The minimum atomic E-state index is -0.924. The lowest BCUT2D eigenvalue weighted by Gasteiger charge is -2.14. The van der Waals surface area contributed by atoms with Crippen LogP contribution in [0.25, 0.3) is 22.3 Å². The van der Waals surface area contributed by atoms with E-state index < -0.39 is 35.3 Å². The van der Waals surface area contributed by atoms with Crippen LogP contribution in [0.1, 0.15) is 47.6 Å². The summed E-state index contributed by atoms with van der Waals surface area (Å²) in [7, 11) is 0. The van der Waals surface area contributed by atoms with Gasteiger partial charge in [0.25, 0.3) is 0 Å². The maximum Gasteiger partial charge on any atom is 0.307 e. The molecule has 0 bridgehead atoms. The summed E-state index contributed by atoms with van der Waals surface area (Å²) in [6.45, 7) is 3.54. The fourth-order valence-corrected chi connectivity index (χ4v) is 5.18. The number of benzene rings is 3. The number of H-pyrrole nitrogens is 2. The van der Waals surface area contributed by atoms with Gasteiger partial charge in [0.05, 0.1) is 11.5 Å². The van der Waals surface area contributed by atoms with Gasteiger partial charge in [-0.05, 0) is 48.7 Å². The Balaban J connectivity index is 1.28. The Morgan fingerprint density at radius 1 is 1.13 bits per heavy atom. The number of fused-ring (bicyclic) bond motifs is 1. The predicted molar refractivity (Wildman–Crippen MR) is 139 cm³/mol. The molecule has 198 valence electrons. The van der Waals surface area contributed by atoms with Crippen LogP contribution in [0, 0.1) is 30.3 Å². The van der Waals surface area contributed by atoms with Gasteiger partial charge >= 0.3 is 5.97 Å². The summed E-state index contributed by atoms with van der Waals surface area (Å²) >= 11 is 0. The van der Waals surface area contributed by atoms with Crippen molar-refractivity contribution in [3.63, 3.8) is 0 Å². The lowest BCUT2D eigenvalue weighted by atomic mass is 9.94. The Kier molecular flexibility index (Phi) is 5.94. The molecule has 9 heteroatoms. The number of aliphatic carboxylic acids is 1. The topological polar surface area (TPSA) is 91.0 Å². The zero-order valence-corrected chi connectivity index (χ0v) is 21.1. The van der Waals surface area contributed by atoms with Gasteiger partial charge in [0.1, 0.15) is 23.2 Å². The number of hydrogen-bond donors (Lipinski definition) is 3. The molecule has 0 spiro atoms. The van der Waals surface area contributed by atoms with E-state index >= 15 is 4.39 Å². The molecule has 0 aliphatic heterocycles. The van der Waals surface area contributed by atoms with Gasteiger partial charge in [-0.25, -0.2) is 18.2 Å². The number of carbonyl (C=O) groups is 1. The van der Waals surface area contributed by atoms with E-state index in [1.54, 1.807) is 38.2 Å². The summed E-state index contributed by atoms with van der Waals surface area (Å²) in [4.78, 5) is 21.6. The third-order valence-electron chi connectivity index (χ3n) is 7.52. The monoisotopic (exact) mass is 531 g/mol. The molecule has 6 rings (SSSR count). The van der Waals surface area contributed by atoms with Crippen molar-refractivity contribution in [3.05, 3.63) is 101 Å². The molecule has 0 amide bonds. The van der Waals surface area contributed by atoms with Gasteiger partial charge in [-0.1, -0.05) is 25.1 Å². The molecule has 1 aliphatic rings. The number of imidazole rings is 1. The molecule has 1 fully saturated rings. The number of hydrogen-bond acceptors (Lipinski definition) is 3. The van der Waals surface area contributed by atoms with Gasteiger partial charge in [-0.2, -0.15) is 0 Å². The Labute approximate surface area is 221 Å². The summed E-state index contributed by atoms with van der Waals surface area (Å²) in [5, 5.41) is 10.0. The van der Waals surface area contributed by atoms with Crippen molar-refractivity contribution in [2.45, 2.75) is 32.1 Å². The highest BCUT2D eigenvalue weighted by Gasteiger charge is 2.45. The molecular weight excluding hydrogens is 507 g/mol. The molecule has 2 aromatic heterocycles. The second kappa shape index (κ2) is 9.34. The molecule has 2 heterocycles. The summed E-state index contributed by atoms with van der Waals surface area (Å²) in [5.41, 5.74) is 2.71. The maximum atomic E-state index is 15.4. The van der Waals surface area contributed by atoms with E-state index in [2.05, 4.69) is 15.0 Å². The predicted octanol–water partition coefficient (Wildman–Crippen LogP) is 7.42. The van der Waals surface area contributed by atoms with E-state index in [0.29, 0.717) is 34.3 Å². The van der Waals surface area contributed by atoms with Crippen molar-refractivity contribution < 1.29 is 27.8 Å². The molecular formula is C30H24F3N3O3. The largest absolute Gasteiger partial charge is 0.481 e. The lowest BCUT2D eigenvalue weighted by Crippen LogP contribution is -2.05. The van der Waals surface area contributed by atoms with Gasteiger partial charge in [0.2, 0.25) is 0 Å². The maximum absolute atomic E-state index is 15.4. The SMILES string of the molecule is Cc1c(Oc2ccc(F)c(-c3ncc(C(C)c4cccc([C@H]5C[C@@H]5C(=O)O)c4F)[nH]3)c2)c(F)cc2[nH]ccc12. The van der Waals surface area contributed by atoms with Crippen LogP contribution in [-0.2, 0) is 4.79 Å². The van der Waals surface area contributed by atoms with Gasteiger partial charge < -0.3 is 19.8 Å². The third kappa shape index (κ3) is 4.33. The number of halogens is 3. The van der Waals surface area contributed by atoms with Crippen LogP contribution >= 0.6 is 0 Å². The molecule has 39 heavy (non-hydrogen) atoms. The van der Waals surface area contributed by atoms with E-state index in [4.69, 9.17) is 4.74 Å². The summed E-state index contributed by atoms with van der Waals surface area (Å²) in [6, 6.07) is 12.2. The number of aromatic nitrogens is 3. The zero-order valence-electron chi connectivity index (χ0n) is 21.1. The van der Waals surface area contributed by atoms with Crippen LogP contribution < -0.4 is 4.74 Å². The van der Waals surface area contributed by atoms with Gasteiger partial charge in [-0.15, -0.1) is 0 Å². The van der Waals surface area contributed by atoms with E-state index in [1.807, 2.05) is 6.07 Å². The number of nitrogens with zero attached hydrogens (tertiary/aromatic N) is 1. The fraction of sp³-hybridized carbons (Fsp3) is 0.200. The number of carboxylic acids is 1. The smallest absolute Gasteiger partial charge is 0.307 e. The minimum Gasteiger partial charge on any atom is -0.481 e. The molecule has 1 aliphatic carbocycles. The zero-order chi connectivity index (χ0) is 27.4. The van der Waals surface area contributed by atoms with Crippen LogP contribution in [0.5, 0.6) is 11.5 Å². The number of ether oxygens (including phenoxy) is 1. The fourth-order valence-electron chi connectivity index (χ4n) is 5.18. The van der Waals surface area contributed by atoms with Crippen molar-refractivity contribution >= 4 is 16.9 Å². The second-order valence-corrected chi connectivity index (χ2v) is 9.94. The van der Waals surface area contributed by atoms with Crippen LogP contribution in [0.3, 0.4) is 0 Å². The summed E-state index contributed by atoms with van der Waals surface area (Å²) < 4.78 is 50.9. The van der Waals surface area contributed by atoms with Crippen molar-refractivity contribution in [1.82, 2.24) is 15.0 Å². The number of rotatable bonds is 7. The van der Waals surface area contributed by atoms with Gasteiger partial charge in [0, 0.05) is 52.5 Å². The Morgan fingerprint density at radius 2 is 1.95 bits per heavy atom. The van der Waals surface area contributed by atoms with Crippen LogP contribution in [0.15, 0.2) is 60.9 Å². The molecule has 6 nitrogen and oxygen atoms in total. The summed E-state index contributed by atoms with van der Waals surface area (Å²) in [5.74, 6) is -3.35. The van der Waals surface area contributed by atoms with Crippen molar-refractivity contribution in [3.8, 4) is 22.9 Å². The first-order valence-electron chi connectivity index (χ1n) is 12.5. The molecule has 1 saturated carbocycles. The van der Waals surface area contributed by atoms with Crippen molar-refractivity contribution in [2.24, 2.45) is 5.92 Å². The normalized spacial score (nSPS) is 17.4. The molecule has 0 radical (unpaired) electrons. The molecule has 1 unspecified atom stereocenters. The number of aromatic amines is 2. The highest BCUT2D eigenvalue weighted by Crippen LogP contribution is 2.49. The molecule has 0 saturated heterocycles. The van der Waals surface area contributed by atoms with Crippen molar-refractivity contribution in [2.75, 3.05) is 0 Å². The second-order valence-electron chi connectivity index (χ2n) is 9.94. The average Bonchev–Trinajstić information content (AvgIpc) is 3.31. The third-order valence-corrected chi connectivity index (χ3v) is 7.52. The lowest BCUT2D eigenvalue weighted by molar-refractivity contribution is -0.138. The minimum absolute atomic E-state index is 0.0459. The number of nitrogens with one attached hydrogen (secondary N) is 2. The van der Waals surface area contributed by atoms with E-state index in [1.165, 1.54) is 30.5 Å². The van der Waals surface area contributed by atoms with E-state index in [0.717, 1.165) is 5.39 Å². The van der Waals surface area contributed by atoms with Crippen LogP contribution in [0.2, 0.25) is 0 Å². The highest BCUT2D eigenvalue weighted by molar-refractivity contribution is 5.85. The number of carboxylic acid groups (broad SMARTS) is 1. The Bertz CT molecular complexity index is 1740. The van der Waals surface area contributed by atoms with E-state index in [9.17, 15) is 18.7 Å². The first-order chi connectivity index (χ1) is 18.7. The quantitative estimate of drug-likeness (QED) is 0.204. The molecule has 3 N–H and O–H groups in total. The first kappa shape index (κ1) is 24.8. The van der Waals surface area contributed by atoms with Crippen LogP contribution in [0.4, 0.5) is 13.2 Å². The molecule has 3 atom stereocenters. The van der Waals surface area contributed by atoms with Gasteiger partial charge in [0.15, 0.2) is 11.6 Å². The highest BCUT2D eigenvalue weighted by atomic mass is 19.1. The average molecular weight is 532 g/mol. The Hall–Kier alpha value is -4.53. The molecule has 5 aromatic rings. The van der Waals surface area contributed by atoms with Crippen LogP contribution in [-0.4, -0.2) is 26.0 Å². The van der Waals surface area contributed by atoms with E-state index in [-0.39, 0.29) is 28.8 Å². The molecule has 3 aromatic carbocycles. The number of aryl methyl sites for hydroxylation is 1. The Morgan fingerprint density at radius 3 is 2.72 bits per heavy atom. The standard InChI is InChI=1S/C30H24F3N3O3/c1-14(18-4-3-5-19(27(18)33)20-11-21(20)30(37)38)26-13-35-29(36-26)22-10-16(6-7-23(22)31)39-28-15(2)17-8-9-34-25(17)12-24(28)32/h3-10,12-14,20-21,34H,11H2,1-2H3,(H,35,36)(H,37,38)/t14?,20-,21+/m1/s1.